The van der Waals surface area contributed by atoms with Gasteiger partial charge < -0.3 is 14.7 Å². The van der Waals surface area contributed by atoms with Gasteiger partial charge in [-0.2, -0.15) is 26.3 Å². The van der Waals surface area contributed by atoms with Crippen molar-refractivity contribution < 1.29 is 31.1 Å². The van der Waals surface area contributed by atoms with Crippen molar-refractivity contribution in [1.82, 2.24) is 14.8 Å². The molecule has 0 N–H and O–H groups in total. The van der Waals surface area contributed by atoms with Crippen LogP contribution in [0.3, 0.4) is 0 Å². The van der Waals surface area contributed by atoms with Crippen LogP contribution < -0.4 is 4.90 Å². The van der Waals surface area contributed by atoms with Gasteiger partial charge in [0.15, 0.2) is 0 Å². The second-order valence-electron chi connectivity index (χ2n) is 15.1. The number of hydrogen-bond acceptors (Lipinski definition) is 7. The molecule has 0 amide bonds. The molecule has 0 bridgehead atoms. The van der Waals surface area contributed by atoms with Gasteiger partial charge in [0.1, 0.15) is 5.82 Å². The Balaban J connectivity index is 1.44. The van der Waals surface area contributed by atoms with Gasteiger partial charge in [-0.3, -0.25) is 9.79 Å². The Morgan fingerprint density at radius 2 is 1.50 bits per heavy atom. The normalized spacial score (nSPS) is 18.9. The van der Waals surface area contributed by atoms with Crippen LogP contribution in [0.5, 0.6) is 0 Å². The van der Waals surface area contributed by atoms with Gasteiger partial charge in [-0.05, 0) is 85.8 Å². The Bertz CT molecular complexity index is 1650. The molecule has 0 unspecified atom stereocenters. The molecule has 13 heteroatoms. The molecule has 1 aromatic carbocycles. The SMILES string of the molecule is CN(C)/C=C/C(=O)C1=NC(N(Cc2cc(C(F)(F)F)cc(C(F)(F)F)c2)Cc2cc3c(nc2N(CC2CC2)CC2CC2)C(C)(C)CC3)=NCC1. The second kappa shape index (κ2) is 13.7. The first-order valence-corrected chi connectivity index (χ1v) is 17.3. The molecular weight excluding hydrogens is 658 g/mol. The Hall–Kier alpha value is -3.90. The molecule has 2 aromatic rings. The monoisotopic (exact) mass is 702 g/mol. The number of allylic oxidation sites excluding steroid dienone is 1. The molecule has 0 atom stereocenters. The van der Waals surface area contributed by atoms with Gasteiger partial charge in [0.05, 0.1) is 22.5 Å². The van der Waals surface area contributed by atoms with Gasteiger partial charge in [-0.15, -0.1) is 0 Å². The van der Waals surface area contributed by atoms with Crippen molar-refractivity contribution in [2.45, 2.75) is 89.7 Å². The smallest absolute Gasteiger partial charge is 0.383 e. The number of aromatic nitrogens is 1. The number of carbonyl (C=O) groups is 1. The van der Waals surface area contributed by atoms with E-state index in [1.807, 2.05) is 0 Å². The van der Waals surface area contributed by atoms with Crippen LogP contribution in [0.2, 0.25) is 0 Å². The van der Waals surface area contributed by atoms with Gasteiger partial charge in [-0.1, -0.05) is 13.8 Å². The number of rotatable bonds is 12. The number of aliphatic imine (C=N–C) groups is 2. The molecule has 0 radical (unpaired) electrons. The lowest BCUT2D eigenvalue weighted by atomic mass is 9.90. The predicted octanol–water partition coefficient (Wildman–Crippen LogP) is 7.82. The molecule has 3 aliphatic carbocycles. The highest BCUT2D eigenvalue weighted by atomic mass is 19.4. The van der Waals surface area contributed by atoms with Crippen LogP contribution in [0.25, 0.3) is 0 Å². The molecule has 2 fully saturated rings. The third-order valence-electron chi connectivity index (χ3n) is 9.78. The molecule has 6 rings (SSSR count). The molecule has 4 aliphatic rings. The van der Waals surface area contributed by atoms with Crippen LogP contribution in [-0.4, -0.2) is 66.0 Å². The fourth-order valence-electron chi connectivity index (χ4n) is 6.67. The minimum atomic E-state index is -4.99. The number of benzene rings is 1. The lowest BCUT2D eigenvalue weighted by molar-refractivity contribution is -0.143. The average molecular weight is 703 g/mol. The van der Waals surface area contributed by atoms with Crippen molar-refractivity contribution in [2.75, 3.05) is 38.6 Å². The minimum absolute atomic E-state index is 0.0802. The van der Waals surface area contributed by atoms with E-state index in [4.69, 9.17) is 4.98 Å². The molecule has 0 spiro atoms. The minimum Gasteiger partial charge on any atom is -0.383 e. The van der Waals surface area contributed by atoms with Gasteiger partial charge in [-0.25, -0.2) is 9.98 Å². The van der Waals surface area contributed by atoms with Gasteiger partial charge >= 0.3 is 12.4 Å². The maximum absolute atomic E-state index is 13.9. The van der Waals surface area contributed by atoms with Crippen LogP contribution in [0.1, 0.15) is 85.9 Å². The summed E-state index contributed by atoms with van der Waals surface area (Å²) in [5.74, 6) is 1.66. The summed E-state index contributed by atoms with van der Waals surface area (Å²) < 4.78 is 83.4. The zero-order valence-corrected chi connectivity index (χ0v) is 29.0. The zero-order valence-electron chi connectivity index (χ0n) is 29.0. The number of aryl methyl sites for hydroxylation is 1. The number of nitrogens with zero attached hydrogens (tertiary/aromatic N) is 6. The van der Waals surface area contributed by atoms with Crippen molar-refractivity contribution in [3.8, 4) is 0 Å². The van der Waals surface area contributed by atoms with E-state index in [9.17, 15) is 31.1 Å². The van der Waals surface area contributed by atoms with Crippen LogP contribution >= 0.6 is 0 Å². The highest BCUT2D eigenvalue weighted by Crippen LogP contribution is 2.42. The summed E-state index contributed by atoms with van der Waals surface area (Å²) in [6.07, 6.45) is -0.464. The van der Waals surface area contributed by atoms with Gasteiger partial charge in [0.2, 0.25) is 11.7 Å². The fourth-order valence-corrected chi connectivity index (χ4v) is 6.67. The summed E-state index contributed by atoms with van der Waals surface area (Å²) in [5.41, 5.74) is 0.0500. The van der Waals surface area contributed by atoms with E-state index < -0.39 is 23.5 Å². The summed E-state index contributed by atoms with van der Waals surface area (Å²) in [7, 11) is 3.54. The summed E-state index contributed by atoms with van der Waals surface area (Å²) in [5, 5.41) is 0. The number of hydrogen-bond donors (Lipinski definition) is 0. The van der Waals surface area contributed by atoms with E-state index in [0.717, 1.165) is 86.4 Å². The Morgan fingerprint density at radius 3 is 2.06 bits per heavy atom. The summed E-state index contributed by atoms with van der Waals surface area (Å²) in [6.45, 7) is 5.96. The Morgan fingerprint density at radius 1 is 0.880 bits per heavy atom. The molecule has 0 saturated heterocycles. The van der Waals surface area contributed by atoms with E-state index in [1.54, 1.807) is 30.1 Å². The second-order valence-corrected chi connectivity index (χ2v) is 15.1. The maximum Gasteiger partial charge on any atom is 0.416 e. The number of carbonyl (C=O) groups excluding carboxylic acids is 1. The number of pyridine rings is 1. The molecule has 50 heavy (non-hydrogen) atoms. The molecule has 1 aromatic heterocycles. The average Bonchev–Trinajstić information content (AvgIpc) is 3.99. The first-order chi connectivity index (χ1) is 23.5. The standard InChI is InChI=1S/C37H44F6N6O/c1-35(2)12-9-26-17-27(33(46-32(26)35)48(19-23-5-6-23)20-24-7-8-24)22-49(34-44-13-10-30(45-34)31(50)11-14-47(3)4)21-25-15-28(36(38,39)40)18-29(16-25)37(41,42)43/h11,14-18,23-24H,5-10,12-13,19-22H2,1-4H3/b14-11+. The van der Waals surface area contributed by atoms with Crippen molar-refractivity contribution in [2.24, 2.45) is 21.8 Å². The largest absolute Gasteiger partial charge is 0.416 e. The van der Waals surface area contributed by atoms with E-state index in [-0.39, 0.29) is 60.6 Å². The highest BCUT2D eigenvalue weighted by Gasteiger charge is 2.39. The first kappa shape index (κ1) is 35.9. The van der Waals surface area contributed by atoms with Crippen LogP contribution in [0.15, 0.2) is 46.5 Å². The van der Waals surface area contributed by atoms with E-state index in [0.29, 0.717) is 11.8 Å². The third-order valence-corrected chi connectivity index (χ3v) is 9.78. The number of anilines is 1. The fraction of sp³-hybridized carbons (Fsp3) is 0.568. The number of guanidine groups is 1. The van der Waals surface area contributed by atoms with Crippen molar-refractivity contribution in [3.63, 3.8) is 0 Å². The van der Waals surface area contributed by atoms with E-state index >= 15 is 0 Å². The van der Waals surface area contributed by atoms with Gasteiger partial charge in [0.25, 0.3) is 0 Å². The van der Waals surface area contributed by atoms with E-state index in [1.165, 1.54) is 6.08 Å². The van der Waals surface area contributed by atoms with Gasteiger partial charge in [0, 0.05) is 76.5 Å². The lowest BCUT2D eigenvalue weighted by Crippen LogP contribution is -2.35. The van der Waals surface area contributed by atoms with Crippen LogP contribution in [0, 0.1) is 11.8 Å². The molecular formula is C37H44F6N6O. The summed E-state index contributed by atoms with van der Waals surface area (Å²) >= 11 is 0. The predicted molar refractivity (Wildman–Crippen MR) is 181 cm³/mol. The number of alkyl halides is 6. The lowest BCUT2D eigenvalue weighted by Gasteiger charge is -2.32. The van der Waals surface area contributed by atoms with Crippen molar-refractivity contribution >= 4 is 23.3 Å². The number of halogens is 6. The molecule has 7 nitrogen and oxygen atoms in total. The molecule has 1 aliphatic heterocycles. The topological polar surface area (TPSA) is 64.4 Å². The van der Waals surface area contributed by atoms with Crippen molar-refractivity contribution in [1.29, 1.82) is 0 Å². The quantitative estimate of drug-likeness (QED) is 0.167. The Kier molecular flexibility index (Phi) is 9.82. The zero-order chi connectivity index (χ0) is 36.0. The van der Waals surface area contributed by atoms with E-state index in [2.05, 4.69) is 34.8 Å². The summed E-state index contributed by atoms with van der Waals surface area (Å²) in [4.78, 5) is 33.2. The maximum atomic E-state index is 13.9. The molecule has 270 valence electrons. The van der Waals surface area contributed by atoms with Crippen molar-refractivity contribution in [3.05, 3.63) is 70.1 Å². The van der Waals surface area contributed by atoms with Crippen LogP contribution in [0.4, 0.5) is 32.2 Å². The van der Waals surface area contributed by atoms with Crippen LogP contribution in [-0.2, 0) is 42.1 Å². The molecule has 2 saturated carbocycles. The third kappa shape index (κ3) is 8.69. The highest BCUT2D eigenvalue weighted by molar-refractivity contribution is 6.45. The summed E-state index contributed by atoms with van der Waals surface area (Å²) in [6, 6.07) is 3.74. The first-order valence-electron chi connectivity index (χ1n) is 17.3. The Labute approximate surface area is 289 Å². The number of ketones is 1. The number of fused-ring (bicyclic) bond motifs is 1. The molecule has 2 heterocycles.